The molecule has 0 fully saturated rings. The van der Waals surface area contributed by atoms with Gasteiger partial charge in [0.05, 0.1) is 42.6 Å². The highest BCUT2D eigenvalue weighted by Crippen LogP contribution is 2.33. The number of anilines is 1. The maximum atomic E-state index is 13.8. The molecule has 0 radical (unpaired) electrons. The second-order valence-electron chi connectivity index (χ2n) is 6.67. The Kier molecular flexibility index (Phi) is 5.80. The van der Waals surface area contributed by atoms with E-state index in [2.05, 4.69) is 25.6 Å². The first kappa shape index (κ1) is 22.0. The molecule has 1 aromatic carbocycles. The first-order chi connectivity index (χ1) is 15.8. The molecule has 0 aliphatic heterocycles. The number of benzene rings is 1. The van der Waals surface area contributed by atoms with E-state index in [-0.39, 0.29) is 23.6 Å². The van der Waals surface area contributed by atoms with E-state index in [0.717, 1.165) is 11.0 Å². The van der Waals surface area contributed by atoms with Crippen molar-refractivity contribution in [2.24, 2.45) is 0 Å². The molecular formula is C20H12ClF3N8O. The van der Waals surface area contributed by atoms with Crippen LogP contribution in [-0.2, 0) is 12.7 Å². The lowest BCUT2D eigenvalue weighted by atomic mass is 10.2. The number of hydrogen-bond donors (Lipinski definition) is 1. The molecular weight excluding hydrogens is 461 g/mol. The highest BCUT2D eigenvalue weighted by Gasteiger charge is 2.40. The topological polar surface area (TPSA) is 114 Å². The predicted molar refractivity (Wildman–Crippen MR) is 110 cm³/mol. The number of halogens is 4. The molecule has 4 aromatic rings. The van der Waals surface area contributed by atoms with E-state index in [1.54, 1.807) is 18.2 Å². The Bertz CT molecular complexity index is 1360. The van der Waals surface area contributed by atoms with E-state index in [1.807, 2.05) is 6.07 Å². The van der Waals surface area contributed by atoms with Crippen molar-refractivity contribution in [1.82, 2.24) is 29.8 Å². The number of nitrogens with zero attached hydrogens (tertiary/aromatic N) is 7. The molecule has 166 valence electrons. The normalized spacial score (nSPS) is 11.2. The number of nitriles is 1. The van der Waals surface area contributed by atoms with E-state index in [0.29, 0.717) is 15.3 Å². The first-order valence-corrected chi connectivity index (χ1v) is 9.59. The van der Waals surface area contributed by atoms with Gasteiger partial charge in [-0.15, -0.1) is 4.80 Å². The SMILES string of the molecule is N#Cc1cc(NC(=O)c2cnn(Cc3cccc(Cl)c3)c2C(F)(F)F)cnc1-n1nccn1. The third-order valence-corrected chi connectivity index (χ3v) is 4.66. The van der Waals surface area contributed by atoms with Gasteiger partial charge >= 0.3 is 6.18 Å². The quantitative estimate of drug-likeness (QED) is 0.473. The van der Waals surface area contributed by atoms with Crippen molar-refractivity contribution in [3.63, 3.8) is 0 Å². The number of aromatic nitrogens is 6. The van der Waals surface area contributed by atoms with Crippen molar-refractivity contribution in [2.75, 3.05) is 5.32 Å². The molecule has 1 N–H and O–H groups in total. The van der Waals surface area contributed by atoms with Gasteiger partial charge in [0.25, 0.3) is 5.91 Å². The summed E-state index contributed by atoms with van der Waals surface area (Å²) < 4.78 is 42.1. The zero-order chi connectivity index (χ0) is 23.6. The number of carbonyl (C=O) groups excluding carboxylic acids is 1. The standard InChI is InChI=1S/C20H12ClF3N8O/c21-14-3-1-2-12(6-14)11-31-17(20(22,23)24)16(10-29-31)19(33)30-15-7-13(8-25)18(26-9-15)32-27-4-5-28-32/h1-7,9-10H,11H2,(H,30,33). The van der Waals surface area contributed by atoms with Crippen molar-refractivity contribution in [3.05, 3.63) is 82.5 Å². The van der Waals surface area contributed by atoms with Crippen LogP contribution in [0.5, 0.6) is 0 Å². The monoisotopic (exact) mass is 472 g/mol. The number of pyridine rings is 1. The fourth-order valence-electron chi connectivity index (χ4n) is 3.07. The van der Waals surface area contributed by atoms with Gasteiger partial charge < -0.3 is 5.32 Å². The van der Waals surface area contributed by atoms with Gasteiger partial charge in [0.15, 0.2) is 11.5 Å². The predicted octanol–water partition coefficient (Wildman–Crippen LogP) is 3.70. The summed E-state index contributed by atoms with van der Waals surface area (Å²) in [6.45, 7) is -0.242. The Morgan fingerprint density at radius 3 is 2.58 bits per heavy atom. The summed E-state index contributed by atoms with van der Waals surface area (Å²) >= 11 is 5.90. The van der Waals surface area contributed by atoms with E-state index in [4.69, 9.17) is 11.6 Å². The average molecular weight is 473 g/mol. The Morgan fingerprint density at radius 2 is 1.91 bits per heavy atom. The number of alkyl halides is 3. The summed E-state index contributed by atoms with van der Waals surface area (Å²) in [6, 6.07) is 9.44. The Balaban J connectivity index is 1.63. The van der Waals surface area contributed by atoms with Crippen LogP contribution in [0.25, 0.3) is 5.82 Å². The van der Waals surface area contributed by atoms with Crippen molar-refractivity contribution < 1.29 is 18.0 Å². The second kappa shape index (κ2) is 8.71. The lowest BCUT2D eigenvalue weighted by molar-refractivity contribution is -0.144. The maximum absolute atomic E-state index is 13.8. The molecule has 3 heterocycles. The lowest BCUT2D eigenvalue weighted by Gasteiger charge is -2.13. The summed E-state index contributed by atoms with van der Waals surface area (Å²) in [7, 11) is 0. The molecule has 13 heteroatoms. The van der Waals surface area contributed by atoms with E-state index < -0.39 is 23.3 Å². The van der Waals surface area contributed by atoms with Gasteiger partial charge in [-0.25, -0.2) is 4.98 Å². The minimum Gasteiger partial charge on any atom is -0.320 e. The van der Waals surface area contributed by atoms with Crippen LogP contribution in [0.15, 0.2) is 55.1 Å². The Hall–Kier alpha value is -4.24. The van der Waals surface area contributed by atoms with Crippen molar-refractivity contribution in [1.29, 1.82) is 5.26 Å². The van der Waals surface area contributed by atoms with Crippen molar-refractivity contribution in [3.8, 4) is 11.9 Å². The van der Waals surface area contributed by atoms with Crippen LogP contribution >= 0.6 is 11.6 Å². The smallest absolute Gasteiger partial charge is 0.320 e. The van der Waals surface area contributed by atoms with E-state index in [1.165, 1.54) is 30.7 Å². The van der Waals surface area contributed by atoms with Crippen LogP contribution in [0.3, 0.4) is 0 Å². The van der Waals surface area contributed by atoms with Gasteiger partial charge in [-0.05, 0) is 23.8 Å². The maximum Gasteiger partial charge on any atom is 0.433 e. The molecule has 0 unspecified atom stereocenters. The van der Waals surface area contributed by atoms with Gasteiger partial charge in [0.2, 0.25) is 0 Å². The van der Waals surface area contributed by atoms with Gasteiger partial charge in [-0.3, -0.25) is 9.48 Å². The van der Waals surface area contributed by atoms with Crippen molar-refractivity contribution >= 4 is 23.2 Å². The Morgan fingerprint density at radius 1 is 1.15 bits per heavy atom. The average Bonchev–Trinajstić information content (AvgIpc) is 3.43. The molecule has 0 atom stereocenters. The van der Waals surface area contributed by atoms with Crippen molar-refractivity contribution in [2.45, 2.75) is 12.7 Å². The van der Waals surface area contributed by atoms with E-state index >= 15 is 0 Å². The summed E-state index contributed by atoms with van der Waals surface area (Å²) in [5.74, 6) is -0.957. The van der Waals surface area contributed by atoms with E-state index in [9.17, 15) is 23.2 Å². The molecule has 4 rings (SSSR count). The molecule has 0 spiro atoms. The fourth-order valence-corrected chi connectivity index (χ4v) is 3.28. The molecule has 0 aliphatic rings. The number of carbonyl (C=O) groups is 1. The molecule has 0 aliphatic carbocycles. The van der Waals surface area contributed by atoms with Crippen LogP contribution in [0.2, 0.25) is 5.02 Å². The molecule has 33 heavy (non-hydrogen) atoms. The molecule has 0 saturated carbocycles. The number of hydrogen-bond acceptors (Lipinski definition) is 6. The minimum atomic E-state index is -4.85. The number of rotatable bonds is 5. The molecule has 0 saturated heterocycles. The molecule has 3 aromatic heterocycles. The summed E-state index contributed by atoms with van der Waals surface area (Å²) in [5.41, 5.74) is -1.39. The van der Waals surface area contributed by atoms with Gasteiger partial charge in [0.1, 0.15) is 11.6 Å². The summed E-state index contributed by atoms with van der Waals surface area (Å²) in [6.07, 6.45) is -0.0612. The first-order valence-electron chi connectivity index (χ1n) is 9.22. The van der Waals surface area contributed by atoms with Gasteiger partial charge in [-0.1, -0.05) is 23.7 Å². The Labute approximate surface area is 189 Å². The third kappa shape index (κ3) is 4.68. The highest BCUT2D eigenvalue weighted by molar-refractivity contribution is 6.30. The number of amides is 1. The second-order valence-corrected chi connectivity index (χ2v) is 7.11. The fraction of sp³-hybridized carbons (Fsp3) is 0.100. The van der Waals surface area contributed by atoms with Crippen LogP contribution < -0.4 is 5.32 Å². The minimum absolute atomic E-state index is 0.0108. The zero-order valence-corrected chi connectivity index (χ0v) is 17.2. The summed E-state index contributed by atoms with van der Waals surface area (Å²) in [4.78, 5) is 17.8. The lowest BCUT2D eigenvalue weighted by Crippen LogP contribution is -2.21. The third-order valence-electron chi connectivity index (χ3n) is 4.43. The molecule has 1 amide bonds. The van der Waals surface area contributed by atoms with Crippen LogP contribution in [-0.4, -0.2) is 35.7 Å². The van der Waals surface area contributed by atoms with Crippen LogP contribution in [0.4, 0.5) is 18.9 Å². The largest absolute Gasteiger partial charge is 0.433 e. The highest BCUT2D eigenvalue weighted by atomic mass is 35.5. The van der Waals surface area contributed by atoms with Gasteiger partial charge in [0, 0.05) is 5.02 Å². The summed E-state index contributed by atoms with van der Waals surface area (Å²) in [5, 5.41) is 23.6. The number of nitrogens with one attached hydrogen (secondary N) is 1. The van der Waals surface area contributed by atoms with Gasteiger partial charge in [-0.2, -0.15) is 33.7 Å². The molecule has 9 nitrogen and oxygen atoms in total. The molecule has 0 bridgehead atoms. The van der Waals surface area contributed by atoms with Crippen LogP contribution in [0, 0.1) is 11.3 Å². The zero-order valence-electron chi connectivity index (χ0n) is 16.5. The van der Waals surface area contributed by atoms with Crippen LogP contribution in [0.1, 0.15) is 27.2 Å².